The van der Waals surface area contributed by atoms with E-state index in [1.807, 2.05) is 0 Å². The lowest BCUT2D eigenvalue weighted by Crippen LogP contribution is -2.43. The molecule has 2 aliphatic rings. The SMILES string of the molecule is C#CCOC(=C)/C=C(\C1(c2ccccc2)c2ccccc2-c2ccccc21)C1(c2c(OCC#C)ccc3ccccc23)c2ccccc2-c2ccccc21. The molecule has 256 valence electrons. The fourth-order valence-corrected chi connectivity index (χ4v) is 9.32. The molecule has 7 aromatic rings. The molecule has 0 aliphatic heterocycles. The van der Waals surface area contributed by atoms with Gasteiger partial charge in [-0.3, -0.25) is 0 Å². The average Bonchev–Trinajstić information content (AvgIpc) is 3.70. The van der Waals surface area contributed by atoms with Crippen LogP contribution >= 0.6 is 0 Å². The lowest BCUT2D eigenvalue weighted by Gasteiger charge is -2.47. The predicted octanol–water partition coefficient (Wildman–Crippen LogP) is 11.3. The third kappa shape index (κ3) is 4.64. The zero-order chi connectivity index (χ0) is 36.7. The van der Waals surface area contributed by atoms with E-state index < -0.39 is 10.8 Å². The molecule has 0 spiro atoms. The van der Waals surface area contributed by atoms with E-state index >= 15 is 0 Å². The number of ether oxygens (including phenoxy) is 2. The van der Waals surface area contributed by atoms with Crippen LogP contribution in [-0.2, 0) is 15.6 Å². The maximum Gasteiger partial charge on any atom is 0.148 e. The highest BCUT2D eigenvalue weighted by Crippen LogP contribution is 2.67. The van der Waals surface area contributed by atoms with E-state index in [4.69, 9.17) is 22.3 Å². The fourth-order valence-electron chi connectivity index (χ4n) is 9.32. The van der Waals surface area contributed by atoms with Crippen LogP contribution in [0.5, 0.6) is 5.75 Å². The van der Waals surface area contributed by atoms with Crippen LogP contribution in [0.4, 0.5) is 0 Å². The summed E-state index contributed by atoms with van der Waals surface area (Å²) in [4.78, 5) is 0. The maximum atomic E-state index is 6.68. The summed E-state index contributed by atoms with van der Waals surface area (Å²) in [6.07, 6.45) is 13.9. The molecule has 7 aromatic carbocycles. The molecule has 0 bridgehead atoms. The summed E-state index contributed by atoms with van der Waals surface area (Å²) < 4.78 is 13.0. The molecule has 0 fully saturated rings. The summed E-state index contributed by atoms with van der Waals surface area (Å²) in [7, 11) is 0. The van der Waals surface area contributed by atoms with Crippen LogP contribution in [0.2, 0.25) is 0 Å². The van der Waals surface area contributed by atoms with Crippen LogP contribution in [0, 0.1) is 24.7 Å². The first-order valence-corrected chi connectivity index (χ1v) is 18.2. The summed E-state index contributed by atoms with van der Waals surface area (Å²) in [5.41, 5.74) is 10.5. The Morgan fingerprint density at radius 1 is 0.537 bits per heavy atom. The van der Waals surface area contributed by atoms with Gasteiger partial charge in [-0.25, -0.2) is 0 Å². The molecule has 2 nitrogen and oxygen atoms in total. The van der Waals surface area contributed by atoms with E-state index in [1.54, 1.807) is 0 Å². The van der Waals surface area contributed by atoms with Gasteiger partial charge in [-0.15, -0.1) is 12.8 Å². The van der Waals surface area contributed by atoms with Crippen LogP contribution in [0.25, 0.3) is 33.0 Å². The largest absolute Gasteiger partial charge is 0.482 e. The molecule has 0 unspecified atom stereocenters. The van der Waals surface area contributed by atoms with Gasteiger partial charge in [0.1, 0.15) is 24.7 Å². The Hall–Kier alpha value is -7.00. The van der Waals surface area contributed by atoms with Crippen molar-refractivity contribution in [2.45, 2.75) is 10.8 Å². The van der Waals surface area contributed by atoms with Crippen molar-refractivity contribution in [3.05, 3.63) is 221 Å². The Balaban J connectivity index is 1.58. The minimum atomic E-state index is -0.985. The molecular formula is C52H36O2. The quantitative estimate of drug-likeness (QED) is 0.0852. The van der Waals surface area contributed by atoms with Crippen molar-refractivity contribution < 1.29 is 9.47 Å². The van der Waals surface area contributed by atoms with Crippen LogP contribution in [-0.4, -0.2) is 13.2 Å². The summed E-state index contributed by atoms with van der Waals surface area (Å²) in [5, 5.41) is 2.15. The lowest BCUT2D eigenvalue weighted by atomic mass is 9.54. The zero-order valence-electron chi connectivity index (χ0n) is 29.8. The van der Waals surface area contributed by atoms with Gasteiger partial charge in [0.15, 0.2) is 0 Å². The van der Waals surface area contributed by atoms with Crippen molar-refractivity contribution in [2.75, 3.05) is 13.2 Å². The molecule has 9 rings (SSSR count). The number of hydrogen-bond acceptors (Lipinski definition) is 2. The fraction of sp³-hybridized carbons (Fsp3) is 0.0769. The van der Waals surface area contributed by atoms with Gasteiger partial charge in [0.25, 0.3) is 0 Å². The van der Waals surface area contributed by atoms with Gasteiger partial charge in [-0.2, -0.15) is 0 Å². The van der Waals surface area contributed by atoms with Crippen molar-refractivity contribution in [1.82, 2.24) is 0 Å². The first-order valence-electron chi connectivity index (χ1n) is 18.2. The topological polar surface area (TPSA) is 18.5 Å². The first kappa shape index (κ1) is 32.9. The molecule has 54 heavy (non-hydrogen) atoms. The number of hydrogen-bond donors (Lipinski definition) is 0. The smallest absolute Gasteiger partial charge is 0.148 e. The second kappa shape index (κ2) is 13.2. The number of benzene rings is 7. The van der Waals surface area contributed by atoms with Gasteiger partial charge >= 0.3 is 0 Å². The van der Waals surface area contributed by atoms with E-state index in [0.29, 0.717) is 11.5 Å². The average molecular weight is 693 g/mol. The Morgan fingerprint density at radius 3 is 1.57 bits per heavy atom. The molecule has 0 heterocycles. The Kier molecular flexibility index (Phi) is 8.04. The number of fused-ring (bicyclic) bond motifs is 7. The lowest BCUT2D eigenvalue weighted by molar-refractivity contribution is 0.268. The maximum absolute atomic E-state index is 6.68. The highest BCUT2D eigenvalue weighted by atomic mass is 16.5. The van der Waals surface area contributed by atoms with Crippen LogP contribution in [0.15, 0.2) is 188 Å². The van der Waals surface area contributed by atoms with E-state index in [0.717, 1.165) is 49.7 Å². The number of rotatable bonds is 9. The van der Waals surface area contributed by atoms with Gasteiger partial charge in [-0.05, 0) is 78.6 Å². The van der Waals surface area contributed by atoms with Crippen LogP contribution in [0.1, 0.15) is 33.4 Å². The summed E-state index contributed by atoms with van der Waals surface area (Å²) in [6.45, 7) is 4.72. The monoisotopic (exact) mass is 692 g/mol. The zero-order valence-corrected chi connectivity index (χ0v) is 29.8. The van der Waals surface area contributed by atoms with E-state index in [9.17, 15) is 0 Å². The van der Waals surface area contributed by atoms with Crippen molar-refractivity contribution >= 4 is 10.8 Å². The summed E-state index contributed by atoms with van der Waals surface area (Å²) >= 11 is 0. The van der Waals surface area contributed by atoms with E-state index in [1.165, 1.54) is 22.3 Å². The molecule has 0 aromatic heterocycles. The van der Waals surface area contributed by atoms with Crippen molar-refractivity contribution in [3.8, 4) is 52.7 Å². The molecule has 0 radical (unpaired) electrons. The minimum absolute atomic E-state index is 0.0824. The van der Waals surface area contributed by atoms with E-state index in [-0.39, 0.29) is 13.2 Å². The molecule has 0 amide bonds. The highest BCUT2D eigenvalue weighted by molar-refractivity contribution is 5.98. The highest BCUT2D eigenvalue weighted by Gasteiger charge is 2.59. The molecule has 0 N–H and O–H groups in total. The number of terminal acetylenes is 2. The Labute approximate surface area is 317 Å². The van der Waals surface area contributed by atoms with Crippen LogP contribution in [0.3, 0.4) is 0 Å². The van der Waals surface area contributed by atoms with Gasteiger partial charge in [0.2, 0.25) is 0 Å². The minimum Gasteiger partial charge on any atom is -0.482 e. The molecule has 2 heteroatoms. The third-order valence-corrected chi connectivity index (χ3v) is 11.1. The second-order valence-electron chi connectivity index (χ2n) is 13.7. The molecule has 0 saturated heterocycles. The first-order chi connectivity index (χ1) is 26.6. The second-order valence-corrected chi connectivity index (χ2v) is 13.7. The molecular weight excluding hydrogens is 657 g/mol. The van der Waals surface area contributed by atoms with Crippen LogP contribution < -0.4 is 4.74 Å². The molecule has 2 aliphatic carbocycles. The van der Waals surface area contributed by atoms with Gasteiger partial charge in [0.05, 0.1) is 10.8 Å². The van der Waals surface area contributed by atoms with E-state index in [2.05, 4.69) is 188 Å². The predicted molar refractivity (Wildman–Crippen MR) is 220 cm³/mol. The van der Waals surface area contributed by atoms with Gasteiger partial charge < -0.3 is 9.47 Å². The third-order valence-electron chi connectivity index (χ3n) is 11.1. The summed E-state index contributed by atoms with van der Waals surface area (Å²) in [6, 6.07) is 58.7. The Bertz CT molecular complexity index is 2630. The summed E-state index contributed by atoms with van der Waals surface area (Å²) in [5.74, 6) is 6.58. The van der Waals surface area contributed by atoms with Gasteiger partial charge in [-0.1, -0.05) is 176 Å². The Morgan fingerprint density at radius 2 is 1.02 bits per heavy atom. The van der Waals surface area contributed by atoms with Gasteiger partial charge in [0, 0.05) is 5.56 Å². The molecule has 0 atom stereocenters. The van der Waals surface area contributed by atoms with Crippen molar-refractivity contribution in [2.24, 2.45) is 0 Å². The molecule has 0 saturated carbocycles. The normalized spacial score (nSPS) is 14.1. The number of allylic oxidation sites excluding steroid dienone is 2. The standard InChI is InChI=1S/C52H36O2/c1-4-33-53-36(3)35-49(51(38-20-7-6-8-21-38)44-27-15-11-23-40(44)41-24-12-16-28-45(41)51)52(46-29-17-13-25-42(46)43-26-14-18-30-47(43)52)50-39-22-10-9-19-37(39)31-32-48(50)54-34-5-2/h1-2,6-32,35H,3,33-34H2/b49-35+. The van der Waals surface area contributed by atoms with Crippen molar-refractivity contribution in [1.29, 1.82) is 0 Å². The van der Waals surface area contributed by atoms with Crippen molar-refractivity contribution in [3.63, 3.8) is 0 Å².